The lowest BCUT2D eigenvalue weighted by molar-refractivity contribution is -0.148. The minimum atomic E-state index is -0.675. The van der Waals surface area contributed by atoms with Gasteiger partial charge in [-0.15, -0.1) is 0 Å². The predicted octanol–water partition coefficient (Wildman–Crippen LogP) is 1.69. The summed E-state index contributed by atoms with van der Waals surface area (Å²) in [5, 5.41) is 7.48. The molecule has 16 heavy (non-hydrogen) atoms. The molecular formula is C11H19NO4. The van der Waals surface area contributed by atoms with Crippen LogP contribution in [0.15, 0.2) is 0 Å². The normalized spacial score (nSPS) is 12.8. The Morgan fingerprint density at radius 3 is 2.19 bits per heavy atom. The summed E-state index contributed by atoms with van der Waals surface area (Å²) in [6.07, 6.45) is -0.424. The Labute approximate surface area is 95.6 Å². The van der Waals surface area contributed by atoms with E-state index in [2.05, 4.69) is 0 Å². The highest BCUT2D eigenvalue weighted by atomic mass is 16.6. The van der Waals surface area contributed by atoms with Gasteiger partial charge in [0.15, 0.2) is 0 Å². The Morgan fingerprint density at radius 2 is 1.81 bits per heavy atom. The molecule has 0 spiro atoms. The first-order valence-electron chi connectivity index (χ1n) is 5.10. The zero-order valence-corrected chi connectivity index (χ0v) is 10.4. The van der Waals surface area contributed by atoms with Gasteiger partial charge >= 0.3 is 11.9 Å². The SMILES string of the molecule is CC(=O)OC(C)CC(=N)C(=O)OC(C)(C)C. The molecule has 0 saturated heterocycles. The standard InChI is InChI=1S/C11H19NO4/c1-7(15-8(2)13)6-9(12)10(14)16-11(3,4)5/h7,12H,6H2,1-5H3. The van der Waals surface area contributed by atoms with E-state index in [4.69, 9.17) is 14.9 Å². The van der Waals surface area contributed by atoms with E-state index in [1.165, 1.54) is 6.92 Å². The molecule has 1 atom stereocenters. The Balaban J connectivity index is 4.16. The fraction of sp³-hybridized carbons (Fsp3) is 0.727. The number of hydrogen-bond acceptors (Lipinski definition) is 5. The lowest BCUT2D eigenvalue weighted by Crippen LogP contribution is -2.30. The molecule has 0 radical (unpaired) electrons. The van der Waals surface area contributed by atoms with Crippen molar-refractivity contribution in [3.8, 4) is 0 Å². The lowest BCUT2D eigenvalue weighted by Gasteiger charge is -2.20. The quantitative estimate of drug-likeness (QED) is 0.588. The number of nitrogens with one attached hydrogen (secondary N) is 1. The van der Waals surface area contributed by atoms with Crippen LogP contribution in [-0.4, -0.2) is 29.4 Å². The predicted molar refractivity (Wildman–Crippen MR) is 59.4 cm³/mol. The summed E-state index contributed by atoms with van der Waals surface area (Å²) in [4.78, 5) is 22.0. The monoisotopic (exact) mass is 229 g/mol. The number of ether oxygens (including phenoxy) is 2. The Kier molecular flexibility index (Phi) is 5.14. The summed E-state index contributed by atoms with van der Waals surface area (Å²) in [7, 11) is 0. The first-order valence-corrected chi connectivity index (χ1v) is 5.10. The van der Waals surface area contributed by atoms with Gasteiger partial charge < -0.3 is 9.47 Å². The second-order valence-corrected chi connectivity index (χ2v) is 4.60. The molecule has 1 unspecified atom stereocenters. The van der Waals surface area contributed by atoms with Gasteiger partial charge in [-0.05, 0) is 27.7 Å². The third kappa shape index (κ3) is 6.98. The smallest absolute Gasteiger partial charge is 0.352 e. The molecule has 92 valence electrons. The first-order chi connectivity index (χ1) is 7.11. The fourth-order valence-electron chi connectivity index (χ4n) is 1.04. The molecule has 0 aliphatic carbocycles. The van der Waals surface area contributed by atoms with E-state index in [-0.39, 0.29) is 12.1 Å². The van der Waals surface area contributed by atoms with Crippen molar-refractivity contribution in [1.82, 2.24) is 0 Å². The van der Waals surface area contributed by atoms with Crippen molar-refractivity contribution in [1.29, 1.82) is 5.41 Å². The molecule has 0 aromatic heterocycles. The second kappa shape index (κ2) is 5.63. The number of rotatable bonds is 4. The maximum atomic E-state index is 11.4. The second-order valence-electron chi connectivity index (χ2n) is 4.60. The summed E-state index contributed by atoms with van der Waals surface area (Å²) in [5.74, 6) is -1.10. The van der Waals surface area contributed by atoms with Gasteiger partial charge in [0.1, 0.15) is 17.4 Å². The summed E-state index contributed by atoms with van der Waals surface area (Å²) < 4.78 is 9.81. The number of carbonyl (C=O) groups is 2. The molecule has 0 aliphatic heterocycles. The van der Waals surface area contributed by atoms with E-state index in [0.29, 0.717) is 0 Å². The molecule has 0 aromatic rings. The van der Waals surface area contributed by atoms with Crippen LogP contribution in [0.5, 0.6) is 0 Å². The average Bonchev–Trinajstić information content (AvgIpc) is 1.98. The number of carbonyl (C=O) groups excluding carboxylic acids is 2. The molecule has 0 bridgehead atoms. The van der Waals surface area contributed by atoms with Gasteiger partial charge in [0.25, 0.3) is 0 Å². The zero-order valence-electron chi connectivity index (χ0n) is 10.4. The third-order valence-electron chi connectivity index (χ3n) is 1.50. The van der Waals surface area contributed by atoms with E-state index in [0.717, 1.165) is 0 Å². The summed E-state index contributed by atoms with van der Waals surface area (Å²) in [5.41, 5.74) is -0.808. The number of esters is 2. The first kappa shape index (κ1) is 14.6. The minimum Gasteiger partial charge on any atom is -0.462 e. The van der Waals surface area contributed by atoms with E-state index in [1.807, 2.05) is 0 Å². The van der Waals surface area contributed by atoms with Crippen molar-refractivity contribution in [2.45, 2.75) is 52.7 Å². The molecule has 0 amide bonds. The lowest BCUT2D eigenvalue weighted by atomic mass is 10.1. The maximum Gasteiger partial charge on any atom is 0.352 e. The molecular weight excluding hydrogens is 210 g/mol. The van der Waals surface area contributed by atoms with Gasteiger partial charge in [0, 0.05) is 13.3 Å². The highest BCUT2D eigenvalue weighted by Gasteiger charge is 2.22. The van der Waals surface area contributed by atoms with E-state index in [1.54, 1.807) is 27.7 Å². The van der Waals surface area contributed by atoms with Crippen LogP contribution in [0.2, 0.25) is 0 Å². The van der Waals surface area contributed by atoms with Gasteiger partial charge in [0.2, 0.25) is 0 Å². The fourth-order valence-corrected chi connectivity index (χ4v) is 1.04. The molecule has 0 rings (SSSR count). The van der Waals surface area contributed by atoms with Crippen LogP contribution in [0.25, 0.3) is 0 Å². The molecule has 0 saturated carbocycles. The highest BCUT2D eigenvalue weighted by molar-refractivity contribution is 6.35. The van der Waals surface area contributed by atoms with Crippen molar-refractivity contribution in [3.05, 3.63) is 0 Å². The van der Waals surface area contributed by atoms with Crippen molar-refractivity contribution < 1.29 is 19.1 Å². The Bertz CT molecular complexity index is 291. The summed E-state index contributed by atoms with van der Waals surface area (Å²) >= 11 is 0. The van der Waals surface area contributed by atoms with Crippen LogP contribution < -0.4 is 0 Å². The van der Waals surface area contributed by atoms with E-state index >= 15 is 0 Å². The summed E-state index contributed by atoms with van der Waals surface area (Å²) in [6.45, 7) is 8.10. The molecule has 1 N–H and O–H groups in total. The van der Waals surface area contributed by atoms with Crippen LogP contribution in [-0.2, 0) is 19.1 Å². The third-order valence-corrected chi connectivity index (χ3v) is 1.50. The number of hydrogen-bond donors (Lipinski definition) is 1. The van der Waals surface area contributed by atoms with Gasteiger partial charge in [-0.25, -0.2) is 4.79 Å². The van der Waals surface area contributed by atoms with Crippen molar-refractivity contribution >= 4 is 17.7 Å². The van der Waals surface area contributed by atoms with Crippen molar-refractivity contribution in [3.63, 3.8) is 0 Å². The van der Waals surface area contributed by atoms with Gasteiger partial charge in [-0.2, -0.15) is 0 Å². The van der Waals surface area contributed by atoms with Crippen LogP contribution in [0.3, 0.4) is 0 Å². The molecule has 0 aromatic carbocycles. The molecule has 5 nitrogen and oxygen atoms in total. The van der Waals surface area contributed by atoms with Crippen molar-refractivity contribution in [2.24, 2.45) is 0 Å². The van der Waals surface area contributed by atoms with Crippen LogP contribution >= 0.6 is 0 Å². The molecule has 5 heteroatoms. The average molecular weight is 229 g/mol. The van der Waals surface area contributed by atoms with Crippen LogP contribution in [0.4, 0.5) is 0 Å². The molecule has 0 fully saturated rings. The van der Waals surface area contributed by atoms with Gasteiger partial charge in [-0.1, -0.05) is 0 Å². The van der Waals surface area contributed by atoms with Gasteiger partial charge in [-0.3, -0.25) is 10.2 Å². The molecule has 0 aliphatic rings. The maximum absolute atomic E-state index is 11.4. The van der Waals surface area contributed by atoms with Gasteiger partial charge in [0.05, 0.1) is 0 Å². The Morgan fingerprint density at radius 1 is 1.31 bits per heavy atom. The van der Waals surface area contributed by atoms with E-state index < -0.39 is 23.6 Å². The minimum absolute atomic E-state index is 0.0640. The largest absolute Gasteiger partial charge is 0.462 e. The summed E-state index contributed by atoms with van der Waals surface area (Å²) in [6, 6.07) is 0. The molecule has 0 heterocycles. The Hall–Kier alpha value is -1.39. The van der Waals surface area contributed by atoms with Crippen LogP contribution in [0, 0.1) is 5.41 Å². The zero-order chi connectivity index (χ0) is 12.9. The highest BCUT2D eigenvalue weighted by Crippen LogP contribution is 2.09. The van der Waals surface area contributed by atoms with Crippen molar-refractivity contribution in [2.75, 3.05) is 0 Å². The van der Waals surface area contributed by atoms with E-state index in [9.17, 15) is 9.59 Å². The van der Waals surface area contributed by atoms with Crippen LogP contribution in [0.1, 0.15) is 41.0 Å². The topological polar surface area (TPSA) is 76.5 Å².